The SMILES string of the molecule is COC(=O)C1=C(C)N(c2ccc(OC)cc2)C(=O)NC1c1ccc(Cl)c([N+](=O)[O-])c1. The van der Waals surface area contributed by atoms with E-state index >= 15 is 0 Å². The number of amides is 2. The summed E-state index contributed by atoms with van der Waals surface area (Å²) in [5.41, 5.74) is 0.979. The fourth-order valence-corrected chi connectivity index (χ4v) is 3.45. The average Bonchev–Trinajstić information content (AvgIpc) is 2.73. The van der Waals surface area contributed by atoms with Crippen LogP contribution in [0.3, 0.4) is 0 Å². The molecular formula is C20H18ClN3O6. The Kier molecular flexibility index (Phi) is 5.93. The highest BCUT2D eigenvalue weighted by atomic mass is 35.5. The average molecular weight is 432 g/mol. The van der Waals surface area contributed by atoms with Crippen LogP contribution in [0.25, 0.3) is 0 Å². The minimum atomic E-state index is -0.949. The van der Waals surface area contributed by atoms with E-state index in [1.165, 1.54) is 37.3 Å². The molecule has 2 aromatic carbocycles. The first-order chi connectivity index (χ1) is 14.3. The van der Waals surface area contributed by atoms with E-state index in [-0.39, 0.29) is 16.3 Å². The summed E-state index contributed by atoms with van der Waals surface area (Å²) in [5, 5.41) is 13.9. The normalized spacial score (nSPS) is 16.2. The summed E-state index contributed by atoms with van der Waals surface area (Å²) < 4.78 is 10.0. The van der Waals surface area contributed by atoms with Gasteiger partial charge in [-0.25, -0.2) is 9.59 Å². The molecule has 0 aliphatic carbocycles. The molecule has 1 N–H and O–H groups in total. The number of nitro benzene ring substituents is 1. The summed E-state index contributed by atoms with van der Waals surface area (Å²) in [5.74, 6) is -0.0639. The number of nitrogens with zero attached hydrogens (tertiary/aromatic N) is 2. The first-order valence-corrected chi connectivity index (χ1v) is 9.13. The lowest BCUT2D eigenvalue weighted by atomic mass is 9.94. The van der Waals surface area contributed by atoms with Gasteiger partial charge in [0.05, 0.1) is 36.4 Å². The fourth-order valence-electron chi connectivity index (χ4n) is 3.26. The molecule has 2 aromatic rings. The second-order valence-corrected chi connectivity index (χ2v) is 6.78. The number of methoxy groups -OCH3 is 2. The predicted octanol–water partition coefficient (Wildman–Crippen LogP) is 3.97. The van der Waals surface area contributed by atoms with Gasteiger partial charge in [-0.2, -0.15) is 0 Å². The van der Waals surface area contributed by atoms with Crippen LogP contribution in [0, 0.1) is 10.1 Å². The lowest BCUT2D eigenvalue weighted by molar-refractivity contribution is -0.384. The van der Waals surface area contributed by atoms with Crippen molar-refractivity contribution in [2.24, 2.45) is 0 Å². The summed E-state index contributed by atoms with van der Waals surface area (Å²) in [7, 11) is 2.75. The van der Waals surface area contributed by atoms with Crippen molar-refractivity contribution in [1.29, 1.82) is 0 Å². The van der Waals surface area contributed by atoms with E-state index in [4.69, 9.17) is 21.1 Å². The lowest BCUT2D eigenvalue weighted by Crippen LogP contribution is -2.48. The second kappa shape index (κ2) is 8.42. The summed E-state index contributed by atoms with van der Waals surface area (Å²) in [6.45, 7) is 1.60. The van der Waals surface area contributed by atoms with Crippen molar-refractivity contribution >= 4 is 35.0 Å². The number of carbonyl (C=O) groups excluding carboxylic acids is 2. The van der Waals surface area contributed by atoms with Gasteiger partial charge in [0, 0.05) is 11.8 Å². The van der Waals surface area contributed by atoms with Crippen LogP contribution >= 0.6 is 11.6 Å². The first-order valence-electron chi connectivity index (χ1n) is 8.76. The number of hydrogen-bond acceptors (Lipinski definition) is 6. The smallest absolute Gasteiger partial charge is 0.337 e. The Bertz CT molecular complexity index is 1050. The van der Waals surface area contributed by atoms with E-state index in [2.05, 4.69) is 5.32 Å². The van der Waals surface area contributed by atoms with Gasteiger partial charge in [0.25, 0.3) is 5.69 Å². The number of rotatable bonds is 5. The molecule has 1 aliphatic rings. The van der Waals surface area contributed by atoms with E-state index < -0.39 is 23.0 Å². The molecule has 1 heterocycles. The summed E-state index contributed by atoms with van der Waals surface area (Å²) in [4.78, 5) is 37.5. The number of urea groups is 1. The van der Waals surface area contributed by atoms with Crippen molar-refractivity contribution in [2.75, 3.05) is 19.1 Å². The maximum atomic E-state index is 12.9. The molecule has 0 saturated carbocycles. The van der Waals surface area contributed by atoms with Crippen molar-refractivity contribution < 1.29 is 24.0 Å². The first kappa shape index (κ1) is 21.1. The highest BCUT2D eigenvalue weighted by Gasteiger charge is 2.37. The number of anilines is 1. The van der Waals surface area contributed by atoms with E-state index in [1.54, 1.807) is 31.2 Å². The molecule has 2 amide bonds. The van der Waals surface area contributed by atoms with Crippen molar-refractivity contribution in [3.05, 3.63) is 74.4 Å². The van der Waals surface area contributed by atoms with Crippen LogP contribution in [0.1, 0.15) is 18.5 Å². The molecule has 3 rings (SSSR count). The molecule has 0 spiro atoms. The molecule has 0 radical (unpaired) electrons. The monoisotopic (exact) mass is 431 g/mol. The minimum Gasteiger partial charge on any atom is -0.497 e. The van der Waals surface area contributed by atoms with Crippen LogP contribution in [-0.4, -0.2) is 31.1 Å². The van der Waals surface area contributed by atoms with E-state index in [9.17, 15) is 19.7 Å². The zero-order chi connectivity index (χ0) is 22.0. The highest BCUT2D eigenvalue weighted by Crippen LogP contribution is 2.36. The van der Waals surface area contributed by atoms with Gasteiger partial charge >= 0.3 is 12.0 Å². The standard InChI is InChI=1S/C20H18ClN3O6/c1-11-17(19(25)30-3)18(12-4-9-15(21)16(10-12)24(27)28)22-20(26)23(11)13-5-7-14(29-2)8-6-13/h4-10,18H,1-3H3,(H,22,26). The molecule has 0 bridgehead atoms. The molecule has 1 aliphatic heterocycles. The lowest BCUT2D eigenvalue weighted by Gasteiger charge is -2.35. The highest BCUT2D eigenvalue weighted by molar-refractivity contribution is 6.32. The number of allylic oxidation sites excluding steroid dienone is 1. The second-order valence-electron chi connectivity index (χ2n) is 6.37. The Morgan fingerprint density at radius 1 is 1.20 bits per heavy atom. The fraction of sp³-hybridized carbons (Fsp3) is 0.200. The largest absolute Gasteiger partial charge is 0.497 e. The van der Waals surface area contributed by atoms with Crippen LogP contribution in [0.4, 0.5) is 16.2 Å². The minimum absolute atomic E-state index is 0.0499. The Morgan fingerprint density at radius 2 is 1.87 bits per heavy atom. The Morgan fingerprint density at radius 3 is 2.43 bits per heavy atom. The Hall–Kier alpha value is -3.59. The molecule has 0 fully saturated rings. The number of benzene rings is 2. The van der Waals surface area contributed by atoms with Crippen molar-refractivity contribution in [3.63, 3.8) is 0 Å². The summed E-state index contributed by atoms with van der Waals surface area (Å²) >= 11 is 5.89. The summed E-state index contributed by atoms with van der Waals surface area (Å²) in [6, 6.07) is 9.34. The zero-order valence-electron chi connectivity index (χ0n) is 16.3. The van der Waals surface area contributed by atoms with Crippen LogP contribution in [0.15, 0.2) is 53.7 Å². The molecule has 9 nitrogen and oxygen atoms in total. The number of esters is 1. The quantitative estimate of drug-likeness (QED) is 0.435. The van der Waals surface area contributed by atoms with Gasteiger partial charge in [0.1, 0.15) is 10.8 Å². The van der Waals surface area contributed by atoms with Gasteiger partial charge in [-0.15, -0.1) is 0 Å². The molecular weight excluding hydrogens is 414 g/mol. The van der Waals surface area contributed by atoms with Crippen LogP contribution < -0.4 is 15.0 Å². The maximum Gasteiger partial charge on any atom is 0.337 e. The van der Waals surface area contributed by atoms with Crippen LogP contribution in [0.5, 0.6) is 5.75 Å². The van der Waals surface area contributed by atoms with Gasteiger partial charge in [-0.3, -0.25) is 15.0 Å². The number of hydrogen-bond donors (Lipinski definition) is 1. The Labute approximate surface area is 177 Å². The van der Waals surface area contributed by atoms with Crippen LogP contribution in [0.2, 0.25) is 5.02 Å². The van der Waals surface area contributed by atoms with Gasteiger partial charge < -0.3 is 14.8 Å². The molecule has 1 atom stereocenters. The van der Waals surface area contributed by atoms with E-state index in [0.717, 1.165) is 0 Å². The predicted molar refractivity (Wildman–Crippen MR) is 110 cm³/mol. The van der Waals surface area contributed by atoms with Gasteiger partial charge in [-0.05, 0) is 42.8 Å². The number of nitrogens with one attached hydrogen (secondary N) is 1. The molecule has 1 unspecified atom stereocenters. The third-order valence-corrected chi connectivity index (χ3v) is 5.04. The topological polar surface area (TPSA) is 111 Å². The molecule has 0 saturated heterocycles. The third-order valence-electron chi connectivity index (χ3n) is 4.72. The van der Waals surface area contributed by atoms with Crippen molar-refractivity contribution in [1.82, 2.24) is 5.32 Å². The van der Waals surface area contributed by atoms with E-state index in [0.29, 0.717) is 22.7 Å². The van der Waals surface area contributed by atoms with Gasteiger partial charge in [0.15, 0.2) is 0 Å². The number of ether oxygens (including phenoxy) is 2. The molecule has 156 valence electrons. The number of carbonyl (C=O) groups is 2. The van der Waals surface area contributed by atoms with E-state index in [1.807, 2.05) is 0 Å². The maximum absolute atomic E-state index is 12.9. The number of halogens is 1. The third kappa shape index (κ3) is 3.79. The Balaban J connectivity index is 2.13. The summed E-state index contributed by atoms with van der Waals surface area (Å²) in [6.07, 6.45) is 0. The van der Waals surface area contributed by atoms with Crippen molar-refractivity contribution in [2.45, 2.75) is 13.0 Å². The van der Waals surface area contributed by atoms with Crippen molar-refractivity contribution in [3.8, 4) is 5.75 Å². The number of nitro groups is 1. The zero-order valence-corrected chi connectivity index (χ0v) is 17.1. The molecule has 10 heteroatoms. The van der Waals surface area contributed by atoms with Gasteiger partial charge in [-0.1, -0.05) is 17.7 Å². The molecule has 30 heavy (non-hydrogen) atoms. The van der Waals surface area contributed by atoms with Gasteiger partial charge in [0.2, 0.25) is 0 Å². The van der Waals surface area contributed by atoms with Crippen LogP contribution in [-0.2, 0) is 9.53 Å². The molecule has 0 aromatic heterocycles.